The summed E-state index contributed by atoms with van der Waals surface area (Å²) in [5.41, 5.74) is 3.71. The van der Waals surface area contributed by atoms with E-state index in [2.05, 4.69) is 29.6 Å². The van der Waals surface area contributed by atoms with E-state index in [4.69, 9.17) is 4.74 Å². The largest absolute Gasteiger partial charge is 0.480 e. The Bertz CT molecular complexity index is 1050. The van der Waals surface area contributed by atoms with Gasteiger partial charge in [0.25, 0.3) is 0 Å². The lowest BCUT2D eigenvalue weighted by atomic mass is 9.70. The number of likely N-dealkylation sites (N-methyl/N-ethyl adjacent to an activating group) is 1. The van der Waals surface area contributed by atoms with Gasteiger partial charge in [0.15, 0.2) is 0 Å². The third-order valence-electron chi connectivity index (χ3n) is 7.59. The summed E-state index contributed by atoms with van der Waals surface area (Å²) < 4.78 is 5.69. The highest BCUT2D eigenvalue weighted by atomic mass is 16.5. The molecule has 0 bridgehead atoms. The molecule has 7 nitrogen and oxygen atoms in total. The molecule has 0 spiro atoms. The number of nitrogens with zero attached hydrogens (tertiary/aromatic N) is 1. The fourth-order valence-corrected chi connectivity index (χ4v) is 5.35. The Balaban J connectivity index is 1.45. The number of benzene rings is 2. The molecule has 0 aromatic heterocycles. The zero-order chi connectivity index (χ0) is 24.5. The number of nitrogens with one attached hydrogen (secondary N) is 1. The summed E-state index contributed by atoms with van der Waals surface area (Å²) in [7, 11) is 1.51. The number of alkyl carbamates (subject to hydrolysis) is 1. The molecule has 0 heterocycles. The monoisotopic (exact) mass is 464 g/mol. The van der Waals surface area contributed by atoms with Gasteiger partial charge in [-0.15, -0.1) is 0 Å². The quantitative estimate of drug-likeness (QED) is 0.660. The van der Waals surface area contributed by atoms with Gasteiger partial charge < -0.3 is 20.1 Å². The van der Waals surface area contributed by atoms with Gasteiger partial charge in [-0.25, -0.2) is 9.59 Å². The Labute approximate surface area is 200 Å². The van der Waals surface area contributed by atoms with Crippen LogP contribution in [-0.4, -0.2) is 53.7 Å². The van der Waals surface area contributed by atoms with Crippen molar-refractivity contribution in [2.45, 2.75) is 57.5 Å². The molecule has 2 aromatic rings. The number of carboxylic acid groups (broad SMARTS) is 1. The van der Waals surface area contributed by atoms with E-state index in [0.717, 1.165) is 35.1 Å². The average molecular weight is 465 g/mol. The van der Waals surface area contributed by atoms with Gasteiger partial charge in [0.05, 0.1) is 5.41 Å². The number of ether oxygens (including phenoxy) is 1. The van der Waals surface area contributed by atoms with Crippen LogP contribution in [-0.2, 0) is 14.3 Å². The van der Waals surface area contributed by atoms with Crippen LogP contribution < -0.4 is 5.32 Å². The molecule has 2 N–H and O–H groups in total. The lowest BCUT2D eigenvalue weighted by Crippen LogP contribution is -2.57. The second kappa shape index (κ2) is 9.49. The number of hydrogen-bond acceptors (Lipinski definition) is 4. The van der Waals surface area contributed by atoms with Crippen molar-refractivity contribution < 1.29 is 24.2 Å². The average Bonchev–Trinajstić information content (AvgIpc) is 3.16. The minimum Gasteiger partial charge on any atom is -0.480 e. The van der Waals surface area contributed by atoms with E-state index in [1.165, 1.54) is 18.9 Å². The first-order chi connectivity index (χ1) is 16.2. The molecule has 2 aromatic carbocycles. The van der Waals surface area contributed by atoms with Crippen LogP contribution in [0.3, 0.4) is 0 Å². The molecule has 0 radical (unpaired) electrons. The maximum atomic E-state index is 13.3. The van der Waals surface area contributed by atoms with Gasteiger partial charge in [-0.3, -0.25) is 4.79 Å². The maximum Gasteiger partial charge on any atom is 0.407 e. The van der Waals surface area contributed by atoms with Crippen LogP contribution >= 0.6 is 0 Å². The molecule has 0 aliphatic heterocycles. The fraction of sp³-hybridized carbons (Fsp3) is 0.444. The number of carbonyl (C=O) groups excluding carboxylic acids is 2. The minimum atomic E-state index is -1.06. The van der Waals surface area contributed by atoms with Gasteiger partial charge in [-0.05, 0) is 48.9 Å². The first-order valence-corrected chi connectivity index (χ1v) is 11.9. The van der Waals surface area contributed by atoms with E-state index in [9.17, 15) is 19.5 Å². The summed E-state index contributed by atoms with van der Waals surface area (Å²) >= 11 is 0. The summed E-state index contributed by atoms with van der Waals surface area (Å²) in [6.07, 6.45) is 2.40. The van der Waals surface area contributed by atoms with E-state index in [-0.39, 0.29) is 18.4 Å². The number of aliphatic carboxylic acids is 1. The molecule has 2 aliphatic carbocycles. The summed E-state index contributed by atoms with van der Waals surface area (Å²) in [5.74, 6) is -1.37. The van der Waals surface area contributed by atoms with Crippen molar-refractivity contribution in [3.05, 3.63) is 59.7 Å². The van der Waals surface area contributed by atoms with Gasteiger partial charge >= 0.3 is 12.1 Å². The van der Waals surface area contributed by atoms with Crippen LogP contribution in [0.2, 0.25) is 0 Å². The van der Waals surface area contributed by atoms with Crippen molar-refractivity contribution in [2.75, 3.05) is 13.7 Å². The Hall–Kier alpha value is -3.35. The molecule has 1 saturated carbocycles. The number of amides is 2. The van der Waals surface area contributed by atoms with Crippen LogP contribution in [0.15, 0.2) is 48.5 Å². The van der Waals surface area contributed by atoms with Crippen molar-refractivity contribution in [3.8, 4) is 11.1 Å². The van der Waals surface area contributed by atoms with Gasteiger partial charge in [-0.2, -0.15) is 0 Å². The molecule has 34 heavy (non-hydrogen) atoms. The molecule has 1 fully saturated rings. The molecule has 0 saturated heterocycles. The molecule has 7 heteroatoms. The molecule has 180 valence electrons. The summed E-state index contributed by atoms with van der Waals surface area (Å²) in [5, 5.41) is 12.3. The highest BCUT2D eigenvalue weighted by Gasteiger charge is 2.46. The highest BCUT2D eigenvalue weighted by Crippen LogP contribution is 2.44. The molecule has 4 rings (SSSR count). The predicted octanol–water partition coefficient (Wildman–Crippen LogP) is 4.41. The molecule has 3 atom stereocenters. The van der Waals surface area contributed by atoms with Crippen LogP contribution in [0, 0.1) is 5.41 Å². The molecular formula is C27H32N2O5. The van der Waals surface area contributed by atoms with Gasteiger partial charge in [0.2, 0.25) is 5.91 Å². The number of hydrogen-bond donors (Lipinski definition) is 2. The van der Waals surface area contributed by atoms with E-state index in [1.54, 1.807) is 0 Å². The van der Waals surface area contributed by atoms with E-state index in [1.807, 2.05) is 31.2 Å². The SMILES string of the molecule is CC(C(=O)O)N(C)C(=O)C1(C)CCCCC1NC(=O)OCC1c2ccccc2-c2ccccc21. The van der Waals surface area contributed by atoms with Crippen LogP contribution in [0.4, 0.5) is 4.79 Å². The van der Waals surface area contributed by atoms with E-state index >= 15 is 0 Å². The topological polar surface area (TPSA) is 95.9 Å². The Morgan fingerprint density at radius 2 is 1.68 bits per heavy atom. The summed E-state index contributed by atoms with van der Waals surface area (Å²) in [4.78, 5) is 38.8. The van der Waals surface area contributed by atoms with Gasteiger partial charge in [0, 0.05) is 19.0 Å². The first-order valence-electron chi connectivity index (χ1n) is 11.9. The molecular weight excluding hydrogens is 432 g/mol. The summed E-state index contributed by atoms with van der Waals surface area (Å²) in [6.45, 7) is 3.50. The Morgan fingerprint density at radius 3 is 2.26 bits per heavy atom. The van der Waals surface area contributed by atoms with Crippen molar-refractivity contribution in [1.82, 2.24) is 10.2 Å². The van der Waals surface area contributed by atoms with Crippen molar-refractivity contribution in [1.29, 1.82) is 0 Å². The lowest BCUT2D eigenvalue weighted by molar-refractivity contribution is -0.154. The number of carbonyl (C=O) groups is 3. The van der Waals surface area contributed by atoms with Crippen molar-refractivity contribution >= 4 is 18.0 Å². The summed E-state index contributed by atoms with van der Waals surface area (Å²) in [6, 6.07) is 14.9. The first kappa shape index (κ1) is 23.8. The number of carboxylic acids is 1. The minimum absolute atomic E-state index is 0.0416. The van der Waals surface area contributed by atoms with Crippen molar-refractivity contribution in [2.24, 2.45) is 5.41 Å². The van der Waals surface area contributed by atoms with Crippen LogP contribution in [0.5, 0.6) is 0 Å². The Morgan fingerprint density at radius 1 is 1.09 bits per heavy atom. The van der Waals surface area contributed by atoms with Crippen LogP contribution in [0.25, 0.3) is 11.1 Å². The van der Waals surface area contributed by atoms with Crippen LogP contribution in [0.1, 0.15) is 56.6 Å². The fourth-order valence-electron chi connectivity index (χ4n) is 5.35. The zero-order valence-corrected chi connectivity index (χ0v) is 19.9. The predicted molar refractivity (Wildman–Crippen MR) is 128 cm³/mol. The van der Waals surface area contributed by atoms with Gasteiger partial charge in [0.1, 0.15) is 12.6 Å². The van der Waals surface area contributed by atoms with Crippen molar-refractivity contribution in [3.63, 3.8) is 0 Å². The smallest absolute Gasteiger partial charge is 0.407 e. The Kier molecular flexibility index (Phi) is 6.64. The lowest BCUT2D eigenvalue weighted by Gasteiger charge is -2.43. The standard InChI is InChI=1S/C27H32N2O5/c1-17(24(30)31)29(3)25(32)27(2)15-9-8-14-23(27)28-26(33)34-16-22-20-12-6-4-10-18(20)19-11-5-7-13-21(19)22/h4-7,10-13,17,22-23H,8-9,14-16H2,1-3H3,(H,28,33)(H,30,31). The molecule has 2 amide bonds. The highest BCUT2D eigenvalue weighted by molar-refractivity contribution is 5.88. The third kappa shape index (κ3) is 4.27. The molecule has 2 aliphatic rings. The third-order valence-corrected chi connectivity index (χ3v) is 7.59. The second-order valence-corrected chi connectivity index (χ2v) is 9.62. The zero-order valence-electron chi connectivity index (χ0n) is 19.9. The van der Waals surface area contributed by atoms with E-state index < -0.39 is 29.6 Å². The molecule has 3 unspecified atom stereocenters. The number of fused-ring (bicyclic) bond motifs is 3. The van der Waals surface area contributed by atoms with Gasteiger partial charge in [-0.1, -0.05) is 61.4 Å². The van der Waals surface area contributed by atoms with E-state index in [0.29, 0.717) is 12.8 Å². The number of rotatable bonds is 6. The normalized spacial score (nSPS) is 22.3. The second-order valence-electron chi connectivity index (χ2n) is 9.62. The maximum absolute atomic E-state index is 13.3.